The predicted molar refractivity (Wildman–Crippen MR) is 82.7 cm³/mol. The van der Waals surface area contributed by atoms with E-state index in [1.165, 1.54) is 5.56 Å². The lowest BCUT2D eigenvalue weighted by Crippen LogP contribution is -2.35. The molecule has 3 nitrogen and oxygen atoms in total. The summed E-state index contributed by atoms with van der Waals surface area (Å²) in [6.07, 6.45) is 1.69. The Morgan fingerprint density at radius 1 is 1.20 bits per heavy atom. The van der Waals surface area contributed by atoms with Crippen LogP contribution in [-0.2, 0) is 4.79 Å². The number of carbonyl (C=O) groups excluding carboxylic acids is 1. The molecule has 0 spiro atoms. The van der Waals surface area contributed by atoms with Crippen molar-refractivity contribution in [1.82, 2.24) is 10.2 Å². The second-order valence-corrected chi connectivity index (χ2v) is 5.95. The molecular weight excluding hydrogens is 248 g/mol. The van der Waals surface area contributed by atoms with Crippen molar-refractivity contribution in [1.29, 1.82) is 0 Å². The fourth-order valence-corrected chi connectivity index (χ4v) is 2.85. The van der Waals surface area contributed by atoms with E-state index in [1.807, 2.05) is 11.0 Å². The van der Waals surface area contributed by atoms with Crippen molar-refractivity contribution in [2.24, 2.45) is 5.92 Å². The van der Waals surface area contributed by atoms with Crippen LogP contribution in [0.25, 0.3) is 0 Å². The topological polar surface area (TPSA) is 32.3 Å². The highest BCUT2D eigenvalue weighted by atomic mass is 16.2. The average Bonchev–Trinajstić information content (AvgIpc) is 2.74. The SMILES string of the molecule is CC(C)C(CC(=O)N1CCCNCC1)c1ccccc1. The zero-order chi connectivity index (χ0) is 14.4. The summed E-state index contributed by atoms with van der Waals surface area (Å²) in [5, 5.41) is 3.35. The molecular formula is C17H26N2O. The minimum Gasteiger partial charge on any atom is -0.341 e. The molecule has 1 aromatic rings. The summed E-state index contributed by atoms with van der Waals surface area (Å²) in [6, 6.07) is 10.4. The summed E-state index contributed by atoms with van der Waals surface area (Å²) in [7, 11) is 0. The number of hydrogen-bond donors (Lipinski definition) is 1. The molecule has 3 heteroatoms. The van der Waals surface area contributed by atoms with Gasteiger partial charge in [-0.2, -0.15) is 0 Å². The molecule has 1 aromatic carbocycles. The number of amides is 1. The van der Waals surface area contributed by atoms with E-state index in [4.69, 9.17) is 0 Å². The van der Waals surface area contributed by atoms with Gasteiger partial charge in [0.05, 0.1) is 0 Å². The maximum Gasteiger partial charge on any atom is 0.223 e. The summed E-state index contributed by atoms with van der Waals surface area (Å²) in [5.74, 6) is 1.10. The Labute approximate surface area is 122 Å². The van der Waals surface area contributed by atoms with Gasteiger partial charge < -0.3 is 10.2 Å². The van der Waals surface area contributed by atoms with Gasteiger partial charge in [0.25, 0.3) is 0 Å². The molecule has 1 N–H and O–H groups in total. The highest BCUT2D eigenvalue weighted by Gasteiger charge is 2.23. The largest absolute Gasteiger partial charge is 0.341 e. The quantitative estimate of drug-likeness (QED) is 0.915. The standard InChI is InChI=1S/C17H26N2O/c1-14(2)16(15-7-4-3-5-8-15)13-17(20)19-11-6-9-18-10-12-19/h3-5,7-8,14,16,18H,6,9-13H2,1-2H3. The van der Waals surface area contributed by atoms with Gasteiger partial charge in [0.15, 0.2) is 0 Å². The highest BCUT2D eigenvalue weighted by Crippen LogP contribution is 2.28. The molecule has 1 heterocycles. The zero-order valence-corrected chi connectivity index (χ0v) is 12.6. The third-order valence-corrected chi connectivity index (χ3v) is 4.12. The van der Waals surface area contributed by atoms with Gasteiger partial charge in [-0.05, 0) is 30.4 Å². The van der Waals surface area contributed by atoms with E-state index in [0.717, 1.165) is 32.6 Å². The minimum absolute atomic E-state index is 0.302. The van der Waals surface area contributed by atoms with Gasteiger partial charge >= 0.3 is 0 Å². The van der Waals surface area contributed by atoms with Crippen LogP contribution in [-0.4, -0.2) is 37.0 Å². The van der Waals surface area contributed by atoms with Gasteiger partial charge in [-0.3, -0.25) is 4.79 Å². The Kier molecular flexibility index (Phi) is 5.60. The molecule has 1 atom stereocenters. The summed E-state index contributed by atoms with van der Waals surface area (Å²) in [4.78, 5) is 14.6. The number of rotatable bonds is 4. The summed E-state index contributed by atoms with van der Waals surface area (Å²) in [5.41, 5.74) is 1.28. The summed E-state index contributed by atoms with van der Waals surface area (Å²) < 4.78 is 0. The van der Waals surface area contributed by atoms with Crippen LogP contribution in [0.3, 0.4) is 0 Å². The Hall–Kier alpha value is -1.35. The van der Waals surface area contributed by atoms with E-state index in [-0.39, 0.29) is 0 Å². The molecule has 1 aliphatic heterocycles. The van der Waals surface area contributed by atoms with E-state index in [9.17, 15) is 4.79 Å². The predicted octanol–water partition coefficient (Wildman–Crippen LogP) is 2.64. The van der Waals surface area contributed by atoms with Crippen molar-refractivity contribution in [3.63, 3.8) is 0 Å². The molecule has 0 aliphatic carbocycles. The van der Waals surface area contributed by atoms with Crippen molar-refractivity contribution in [2.75, 3.05) is 26.2 Å². The maximum atomic E-state index is 12.5. The Morgan fingerprint density at radius 2 is 1.95 bits per heavy atom. The third-order valence-electron chi connectivity index (χ3n) is 4.12. The number of nitrogens with one attached hydrogen (secondary N) is 1. The van der Waals surface area contributed by atoms with Crippen LogP contribution in [0.15, 0.2) is 30.3 Å². The minimum atomic E-state index is 0.302. The smallest absolute Gasteiger partial charge is 0.223 e. The van der Waals surface area contributed by atoms with Crippen LogP contribution in [0.5, 0.6) is 0 Å². The van der Waals surface area contributed by atoms with E-state index in [2.05, 4.69) is 43.4 Å². The molecule has 1 aliphatic rings. The van der Waals surface area contributed by atoms with Gasteiger partial charge in [-0.25, -0.2) is 0 Å². The summed E-state index contributed by atoms with van der Waals surface area (Å²) in [6.45, 7) is 8.09. The fourth-order valence-electron chi connectivity index (χ4n) is 2.85. The number of hydrogen-bond acceptors (Lipinski definition) is 2. The number of carbonyl (C=O) groups is 1. The van der Waals surface area contributed by atoms with Crippen molar-refractivity contribution in [3.05, 3.63) is 35.9 Å². The van der Waals surface area contributed by atoms with Crippen molar-refractivity contribution >= 4 is 5.91 Å². The van der Waals surface area contributed by atoms with E-state index < -0.39 is 0 Å². The molecule has 110 valence electrons. The van der Waals surface area contributed by atoms with Crippen LogP contribution in [0.2, 0.25) is 0 Å². The van der Waals surface area contributed by atoms with Crippen LogP contribution in [0, 0.1) is 5.92 Å². The first-order chi connectivity index (χ1) is 9.68. The van der Waals surface area contributed by atoms with E-state index >= 15 is 0 Å². The fraction of sp³-hybridized carbons (Fsp3) is 0.588. The van der Waals surface area contributed by atoms with Gasteiger partial charge in [-0.15, -0.1) is 0 Å². The van der Waals surface area contributed by atoms with E-state index in [0.29, 0.717) is 24.2 Å². The first-order valence-electron chi connectivity index (χ1n) is 7.72. The van der Waals surface area contributed by atoms with Gasteiger partial charge in [0.1, 0.15) is 0 Å². The first-order valence-corrected chi connectivity index (χ1v) is 7.72. The average molecular weight is 274 g/mol. The molecule has 0 bridgehead atoms. The zero-order valence-electron chi connectivity index (χ0n) is 12.6. The Morgan fingerprint density at radius 3 is 2.65 bits per heavy atom. The molecule has 1 fully saturated rings. The van der Waals surface area contributed by atoms with Gasteiger partial charge in [0.2, 0.25) is 5.91 Å². The van der Waals surface area contributed by atoms with Gasteiger partial charge in [-0.1, -0.05) is 44.2 Å². The Balaban J connectivity index is 2.02. The maximum absolute atomic E-state index is 12.5. The lowest BCUT2D eigenvalue weighted by molar-refractivity contribution is -0.131. The first kappa shape index (κ1) is 15.0. The molecule has 1 amide bonds. The molecule has 0 aromatic heterocycles. The lowest BCUT2D eigenvalue weighted by atomic mass is 9.85. The monoisotopic (exact) mass is 274 g/mol. The molecule has 0 radical (unpaired) electrons. The summed E-state index contributed by atoms with van der Waals surface area (Å²) >= 11 is 0. The van der Waals surface area contributed by atoms with Crippen LogP contribution in [0.1, 0.15) is 38.2 Å². The van der Waals surface area contributed by atoms with Gasteiger partial charge in [0, 0.05) is 26.1 Å². The molecule has 1 saturated heterocycles. The number of benzene rings is 1. The van der Waals surface area contributed by atoms with E-state index in [1.54, 1.807) is 0 Å². The third kappa shape index (κ3) is 4.07. The van der Waals surface area contributed by atoms with Crippen LogP contribution < -0.4 is 5.32 Å². The molecule has 20 heavy (non-hydrogen) atoms. The second kappa shape index (κ2) is 7.44. The van der Waals surface area contributed by atoms with Crippen molar-refractivity contribution in [2.45, 2.75) is 32.6 Å². The van der Waals surface area contributed by atoms with Crippen LogP contribution >= 0.6 is 0 Å². The number of nitrogens with zero attached hydrogens (tertiary/aromatic N) is 1. The molecule has 2 rings (SSSR count). The highest BCUT2D eigenvalue weighted by molar-refractivity contribution is 5.77. The van der Waals surface area contributed by atoms with Crippen molar-refractivity contribution in [3.8, 4) is 0 Å². The van der Waals surface area contributed by atoms with Crippen LogP contribution in [0.4, 0.5) is 0 Å². The molecule has 0 saturated carbocycles. The second-order valence-electron chi connectivity index (χ2n) is 5.95. The Bertz CT molecular complexity index is 408. The normalized spacial score (nSPS) is 17.9. The van der Waals surface area contributed by atoms with Crippen molar-refractivity contribution < 1.29 is 4.79 Å². The molecule has 1 unspecified atom stereocenters. The lowest BCUT2D eigenvalue weighted by Gasteiger charge is -2.26.